The lowest BCUT2D eigenvalue weighted by atomic mass is 10.2. The number of halogens is 2. The van der Waals surface area contributed by atoms with Gasteiger partial charge in [0, 0.05) is 12.5 Å². The summed E-state index contributed by atoms with van der Waals surface area (Å²) in [5, 5.41) is 8.92. The molecule has 1 aromatic carbocycles. The van der Waals surface area contributed by atoms with E-state index in [1.165, 1.54) is 0 Å². The lowest BCUT2D eigenvalue weighted by molar-refractivity contribution is -0.138. The standard InChI is InChI=1S/C11H9F2NO3/c12-6-3-7(13)5-8(4-6)14-9(11(16)17)1-2-10(14)15/h3-5,9H,1-2H2,(H,16,17). The normalized spacial score (nSPS) is 19.8. The van der Waals surface area contributed by atoms with E-state index in [9.17, 15) is 18.4 Å². The first-order valence-corrected chi connectivity index (χ1v) is 5.00. The Hall–Kier alpha value is -1.98. The Morgan fingerprint density at radius 2 is 1.88 bits per heavy atom. The monoisotopic (exact) mass is 241 g/mol. The number of benzene rings is 1. The number of carboxylic acids is 1. The molecule has 1 amide bonds. The van der Waals surface area contributed by atoms with Gasteiger partial charge in [0.25, 0.3) is 0 Å². The summed E-state index contributed by atoms with van der Waals surface area (Å²) in [5.41, 5.74) is -0.0580. The maximum Gasteiger partial charge on any atom is 0.326 e. The van der Waals surface area contributed by atoms with Crippen LogP contribution >= 0.6 is 0 Å². The first kappa shape index (κ1) is 11.5. The second-order valence-electron chi connectivity index (χ2n) is 3.78. The van der Waals surface area contributed by atoms with E-state index in [0.717, 1.165) is 17.0 Å². The first-order valence-electron chi connectivity index (χ1n) is 5.00. The van der Waals surface area contributed by atoms with Crippen LogP contribution in [0.2, 0.25) is 0 Å². The number of rotatable bonds is 2. The van der Waals surface area contributed by atoms with Crippen molar-refractivity contribution >= 4 is 17.6 Å². The number of carbonyl (C=O) groups is 2. The molecule has 0 aliphatic carbocycles. The van der Waals surface area contributed by atoms with Crippen LogP contribution in [0, 0.1) is 11.6 Å². The van der Waals surface area contributed by atoms with E-state index in [0.29, 0.717) is 6.07 Å². The van der Waals surface area contributed by atoms with Crippen molar-refractivity contribution in [3.63, 3.8) is 0 Å². The zero-order chi connectivity index (χ0) is 12.6. The number of carboxylic acid groups (broad SMARTS) is 1. The van der Waals surface area contributed by atoms with Gasteiger partial charge in [0.1, 0.15) is 17.7 Å². The number of hydrogen-bond acceptors (Lipinski definition) is 2. The van der Waals surface area contributed by atoms with E-state index >= 15 is 0 Å². The predicted molar refractivity (Wildman–Crippen MR) is 54.5 cm³/mol. The first-order chi connectivity index (χ1) is 7.99. The Morgan fingerprint density at radius 3 is 2.41 bits per heavy atom. The number of amides is 1. The Labute approximate surface area is 95.5 Å². The summed E-state index contributed by atoms with van der Waals surface area (Å²) in [5.74, 6) is -3.31. The predicted octanol–water partition coefficient (Wildman–Crippen LogP) is 1.54. The van der Waals surface area contributed by atoms with E-state index in [1.54, 1.807) is 0 Å². The van der Waals surface area contributed by atoms with Crippen LogP contribution in [-0.4, -0.2) is 23.0 Å². The highest BCUT2D eigenvalue weighted by atomic mass is 19.1. The molecule has 1 aromatic rings. The maximum atomic E-state index is 13.0. The molecule has 1 fully saturated rings. The molecule has 6 heteroatoms. The number of aliphatic carboxylic acids is 1. The number of nitrogens with zero attached hydrogens (tertiary/aromatic N) is 1. The number of carbonyl (C=O) groups excluding carboxylic acids is 1. The molecule has 1 unspecified atom stereocenters. The second-order valence-corrected chi connectivity index (χ2v) is 3.78. The van der Waals surface area contributed by atoms with Crippen molar-refractivity contribution in [2.75, 3.05) is 4.90 Å². The quantitative estimate of drug-likeness (QED) is 0.854. The van der Waals surface area contributed by atoms with Crippen LogP contribution in [0.4, 0.5) is 14.5 Å². The van der Waals surface area contributed by atoms with Crippen LogP contribution < -0.4 is 4.90 Å². The van der Waals surface area contributed by atoms with Gasteiger partial charge in [-0.3, -0.25) is 9.69 Å². The van der Waals surface area contributed by atoms with Gasteiger partial charge in [-0.15, -0.1) is 0 Å². The highest BCUT2D eigenvalue weighted by molar-refractivity contribution is 6.02. The van der Waals surface area contributed by atoms with Crippen LogP contribution in [0.15, 0.2) is 18.2 Å². The molecule has 0 spiro atoms. The number of hydrogen-bond donors (Lipinski definition) is 1. The summed E-state index contributed by atoms with van der Waals surface area (Å²) in [7, 11) is 0. The molecular formula is C11H9F2NO3. The summed E-state index contributed by atoms with van der Waals surface area (Å²) in [6.45, 7) is 0. The summed E-state index contributed by atoms with van der Waals surface area (Å²) in [4.78, 5) is 23.4. The van der Waals surface area contributed by atoms with E-state index < -0.39 is 29.6 Å². The molecule has 2 rings (SSSR count). The van der Waals surface area contributed by atoms with Gasteiger partial charge in [-0.2, -0.15) is 0 Å². The summed E-state index contributed by atoms with van der Waals surface area (Å²) in [6.07, 6.45) is 0.210. The van der Waals surface area contributed by atoms with Gasteiger partial charge in [0.05, 0.1) is 5.69 Å². The van der Waals surface area contributed by atoms with Crippen molar-refractivity contribution in [1.82, 2.24) is 0 Å². The van der Waals surface area contributed by atoms with Crippen molar-refractivity contribution in [1.29, 1.82) is 0 Å². The fraction of sp³-hybridized carbons (Fsp3) is 0.273. The van der Waals surface area contributed by atoms with Crippen molar-refractivity contribution < 1.29 is 23.5 Å². The molecule has 1 N–H and O–H groups in total. The lowest BCUT2D eigenvalue weighted by Gasteiger charge is -2.21. The molecule has 1 aliphatic heterocycles. The fourth-order valence-corrected chi connectivity index (χ4v) is 1.92. The molecule has 90 valence electrons. The highest BCUT2D eigenvalue weighted by Crippen LogP contribution is 2.28. The molecular weight excluding hydrogens is 232 g/mol. The topological polar surface area (TPSA) is 57.6 Å². The van der Waals surface area contributed by atoms with Crippen LogP contribution in [-0.2, 0) is 9.59 Å². The minimum absolute atomic E-state index is 0.0580. The highest BCUT2D eigenvalue weighted by Gasteiger charge is 2.37. The Bertz CT molecular complexity index is 469. The zero-order valence-electron chi connectivity index (χ0n) is 8.69. The Morgan fingerprint density at radius 1 is 1.29 bits per heavy atom. The van der Waals surface area contributed by atoms with Crippen molar-refractivity contribution in [3.05, 3.63) is 29.8 Å². The van der Waals surface area contributed by atoms with E-state index in [-0.39, 0.29) is 18.5 Å². The van der Waals surface area contributed by atoms with Crippen LogP contribution in [0.3, 0.4) is 0 Å². The van der Waals surface area contributed by atoms with E-state index in [2.05, 4.69) is 0 Å². The lowest BCUT2D eigenvalue weighted by Crippen LogP contribution is -2.38. The smallest absolute Gasteiger partial charge is 0.326 e. The van der Waals surface area contributed by atoms with Gasteiger partial charge in [-0.1, -0.05) is 0 Å². The van der Waals surface area contributed by atoms with Gasteiger partial charge < -0.3 is 5.11 Å². The molecule has 0 bridgehead atoms. The molecule has 1 atom stereocenters. The largest absolute Gasteiger partial charge is 0.480 e. The van der Waals surface area contributed by atoms with E-state index in [4.69, 9.17) is 5.11 Å². The Balaban J connectivity index is 2.42. The second kappa shape index (κ2) is 4.12. The third-order valence-corrected chi connectivity index (χ3v) is 2.62. The summed E-state index contributed by atoms with van der Waals surface area (Å²) < 4.78 is 26.0. The minimum Gasteiger partial charge on any atom is -0.480 e. The van der Waals surface area contributed by atoms with Gasteiger partial charge in [0.15, 0.2) is 0 Å². The van der Waals surface area contributed by atoms with Crippen molar-refractivity contribution in [3.8, 4) is 0 Å². The van der Waals surface area contributed by atoms with Crippen LogP contribution in [0.5, 0.6) is 0 Å². The SMILES string of the molecule is O=C(O)C1CCC(=O)N1c1cc(F)cc(F)c1. The van der Waals surface area contributed by atoms with Gasteiger partial charge in [-0.05, 0) is 18.6 Å². The molecule has 0 aromatic heterocycles. The summed E-state index contributed by atoms with van der Waals surface area (Å²) in [6, 6.07) is 1.51. The third-order valence-electron chi connectivity index (χ3n) is 2.62. The van der Waals surface area contributed by atoms with Gasteiger partial charge in [0.2, 0.25) is 5.91 Å². The third kappa shape index (κ3) is 2.11. The molecule has 0 saturated carbocycles. The van der Waals surface area contributed by atoms with Gasteiger partial charge in [-0.25, -0.2) is 13.6 Å². The number of anilines is 1. The fourth-order valence-electron chi connectivity index (χ4n) is 1.92. The molecule has 1 heterocycles. The van der Waals surface area contributed by atoms with Crippen LogP contribution in [0.1, 0.15) is 12.8 Å². The molecule has 1 aliphatic rings. The minimum atomic E-state index is -1.18. The summed E-state index contributed by atoms with van der Waals surface area (Å²) >= 11 is 0. The average molecular weight is 241 g/mol. The maximum absolute atomic E-state index is 13.0. The van der Waals surface area contributed by atoms with Crippen LogP contribution in [0.25, 0.3) is 0 Å². The van der Waals surface area contributed by atoms with E-state index in [1.807, 2.05) is 0 Å². The molecule has 4 nitrogen and oxygen atoms in total. The van der Waals surface area contributed by atoms with Crippen molar-refractivity contribution in [2.24, 2.45) is 0 Å². The van der Waals surface area contributed by atoms with Crippen molar-refractivity contribution in [2.45, 2.75) is 18.9 Å². The molecule has 17 heavy (non-hydrogen) atoms. The molecule has 0 radical (unpaired) electrons. The molecule has 1 saturated heterocycles. The average Bonchev–Trinajstić information content (AvgIpc) is 2.58. The van der Waals surface area contributed by atoms with Gasteiger partial charge >= 0.3 is 5.97 Å². The zero-order valence-corrected chi connectivity index (χ0v) is 8.69. The Kier molecular flexibility index (Phi) is 2.79.